The van der Waals surface area contributed by atoms with Crippen molar-refractivity contribution in [3.05, 3.63) is 66.5 Å². The number of benzene rings is 2. The molecule has 5 heterocycles. The molecule has 2 aliphatic heterocycles. The molecule has 2 atom stereocenters. The molecule has 0 unspecified atom stereocenters. The number of hydrogen-bond donors (Lipinski definition) is 4. The molecule has 9 heteroatoms. The predicted octanol–water partition coefficient (Wildman–Crippen LogP) is 4.93. The lowest BCUT2D eigenvalue weighted by atomic mass is 10.1. The number of hydrogen-bond acceptors (Lipinski definition) is 7. The molecule has 3 aromatic heterocycles. The second-order valence-corrected chi connectivity index (χ2v) is 10.0. The summed E-state index contributed by atoms with van der Waals surface area (Å²) in [6, 6.07) is 15.0. The number of fused-ring (bicyclic) bond motifs is 1. The third-order valence-electron chi connectivity index (χ3n) is 7.58. The highest BCUT2D eigenvalue weighted by atomic mass is 16.5. The van der Waals surface area contributed by atoms with Gasteiger partial charge >= 0.3 is 0 Å². The average Bonchev–Trinajstić information content (AvgIpc) is 3.78. The zero-order chi connectivity index (χ0) is 25.5. The van der Waals surface area contributed by atoms with E-state index in [1.54, 1.807) is 7.11 Å². The van der Waals surface area contributed by atoms with E-state index in [2.05, 4.69) is 60.9 Å². The van der Waals surface area contributed by atoms with Gasteiger partial charge in [-0.25, -0.2) is 19.9 Å². The van der Waals surface area contributed by atoms with Crippen LogP contribution in [0.4, 0.5) is 0 Å². The SMILES string of the molecule is COc1nc2cc(-c3cnc([C@@H]4CCCN4)[nH]3)ccc2nc1-c1ccc(-c2cnc([C@@H]3CCCN3)[nH]2)cc1. The first kappa shape index (κ1) is 23.1. The highest BCUT2D eigenvalue weighted by Crippen LogP contribution is 2.32. The minimum atomic E-state index is 0.303. The Morgan fingerprint density at radius 1 is 0.711 bits per heavy atom. The number of rotatable bonds is 6. The van der Waals surface area contributed by atoms with Crippen LogP contribution in [0, 0.1) is 0 Å². The van der Waals surface area contributed by atoms with E-state index in [0.29, 0.717) is 18.0 Å². The van der Waals surface area contributed by atoms with E-state index in [1.807, 2.05) is 24.5 Å². The van der Waals surface area contributed by atoms with Gasteiger partial charge in [-0.1, -0.05) is 30.3 Å². The molecule has 2 fully saturated rings. The van der Waals surface area contributed by atoms with Crippen molar-refractivity contribution >= 4 is 11.0 Å². The zero-order valence-electron chi connectivity index (χ0n) is 21.3. The fraction of sp³-hybridized carbons (Fsp3) is 0.310. The van der Waals surface area contributed by atoms with Crippen molar-refractivity contribution in [2.24, 2.45) is 0 Å². The van der Waals surface area contributed by atoms with Gasteiger partial charge in [0.2, 0.25) is 5.88 Å². The summed E-state index contributed by atoms with van der Waals surface area (Å²) in [7, 11) is 1.64. The van der Waals surface area contributed by atoms with Crippen LogP contribution in [0.2, 0.25) is 0 Å². The second-order valence-electron chi connectivity index (χ2n) is 10.0. The van der Waals surface area contributed by atoms with Gasteiger partial charge in [-0.15, -0.1) is 0 Å². The van der Waals surface area contributed by atoms with E-state index in [-0.39, 0.29) is 0 Å². The Morgan fingerprint density at radius 2 is 1.32 bits per heavy atom. The molecular formula is C29H30N8O. The number of H-pyrrole nitrogens is 2. The maximum atomic E-state index is 5.68. The number of methoxy groups -OCH3 is 1. The van der Waals surface area contributed by atoms with Gasteiger partial charge < -0.3 is 25.3 Å². The number of nitrogens with one attached hydrogen (secondary N) is 4. The second kappa shape index (κ2) is 9.66. The summed E-state index contributed by atoms with van der Waals surface area (Å²) in [4.78, 5) is 25.9. The largest absolute Gasteiger partial charge is 0.479 e. The van der Waals surface area contributed by atoms with E-state index in [9.17, 15) is 0 Å². The van der Waals surface area contributed by atoms with Crippen molar-refractivity contribution in [2.45, 2.75) is 37.8 Å². The van der Waals surface area contributed by atoms with Crippen LogP contribution in [0.5, 0.6) is 5.88 Å². The molecule has 0 bridgehead atoms. The third-order valence-corrected chi connectivity index (χ3v) is 7.58. The minimum absolute atomic E-state index is 0.303. The van der Waals surface area contributed by atoms with Gasteiger partial charge in [0.05, 0.1) is 54.0 Å². The van der Waals surface area contributed by atoms with E-state index in [0.717, 1.165) is 82.4 Å². The third kappa shape index (κ3) is 4.23. The molecule has 2 aromatic carbocycles. The smallest absolute Gasteiger partial charge is 0.240 e. The van der Waals surface area contributed by atoms with Crippen molar-refractivity contribution in [2.75, 3.05) is 20.2 Å². The Bertz CT molecular complexity index is 1580. The topological polar surface area (TPSA) is 116 Å². The van der Waals surface area contributed by atoms with E-state index in [4.69, 9.17) is 14.7 Å². The maximum Gasteiger partial charge on any atom is 0.240 e. The van der Waals surface area contributed by atoms with Crippen LogP contribution in [0.15, 0.2) is 54.9 Å². The summed E-state index contributed by atoms with van der Waals surface area (Å²) in [5.41, 5.74) is 7.34. The van der Waals surface area contributed by atoms with Gasteiger partial charge in [0.1, 0.15) is 17.3 Å². The van der Waals surface area contributed by atoms with Gasteiger partial charge in [-0.3, -0.25) is 0 Å². The molecular weight excluding hydrogens is 476 g/mol. The van der Waals surface area contributed by atoms with Gasteiger partial charge in [0.25, 0.3) is 0 Å². The van der Waals surface area contributed by atoms with Gasteiger partial charge in [-0.05, 0) is 56.5 Å². The normalized spacial score (nSPS) is 19.4. The van der Waals surface area contributed by atoms with Crippen molar-refractivity contribution in [1.29, 1.82) is 0 Å². The molecule has 0 spiro atoms. The lowest BCUT2D eigenvalue weighted by Crippen LogP contribution is -2.14. The summed E-state index contributed by atoms with van der Waals surface area (Å²) in [5.74, 6) is 2.49. The molecule has 5 aromatic rings. The van der Waals surface area contributed by atoms with Crippen LogP contribution in [0.1, 0.15) is 49.4 Å². The Hall–Kier alpha value is -4.08. The van der Waals surface area contributed by atoms with Crippen LogP contribution in [-0.2, 0) is 0 Å². The standard InChI is InChI=1S/C29H30N8O/c1-38-29-26(18-8-6-17(7-9-18)24-15-32-27(35-24)21-4-2-12-30-21)34-20-11-10-19(14-23(20)37-29)25-16-33-28(36-25)22-5-3-13-31-22/h6-11,14-16,21-22,30-31H,2-5,12-13H2,1H3,(H,32,35)(H,33,36)/t21-,22-/m0/s1. The number of aromatic amines is 2. The van der Waals surface area contributed by atoms with Crippen molar-refractivity contribution in [3.63, 3.8) is 0 Å². The Balaban J connectivity index is 1.16. The van der Waals surface area contributed by atoms with Gasteiger partial charge in [-0.2, -0.15) is 0 Å². The van der Waals surface area contributed by atoms with Crippen molar-refractivity contribution in [3.8, 4) is 39.7 Å². The van der Waals surface area contributed by atoms with Crippen LogP contribution in [0.25, 0.3) is 44.8 Å². The highest BCUT2D eigenvalue weighted by molar-refractivity contribution is 5.84. The summed E-state index contributed by atoms with van der Waals surface area (Å²) >= 11 is 0. The molecule has 9 nitrogen and oxygen atoms in total. The van der Waals surface area contributed by atoms with Crippen LogP contribution >= 0.6 is 0 Å². The quantitative estimate of drug-likeness (QED) is 0.258. The number of ether oxygens (including phenoxy) is 1. The summed E-state index contributed by atoms with van der Waals surface area (Å²) in [5, 5.41) is 6.98. The molecule has 0 aliphatic carbocycles. The first-order valence-corrected chi connectivity index (χ1v) is 13.3. The molecule has 192 valence electrons. The maximum absolute atomic E-state index is 5.68. The lowest BCUT2D eigenvalue weighted by Gasteiger charge is -2.10. The number of aromatic nitrogens is 6. The number of nitrogens with zero attached hydrogens (tertiary/aromatic N) is 4. The predicted molar refractivity (Wildman–Crippen MR) is 147 cm³/mol. The van der Waals surface area contributed by atoms with E-state index >= 15 is 0 Å². The molecule has 0 saturated carbocycles. The summed E-state index contributed by atoms with van der Waals surface area (Å²) < 4.78 is 5.68. The highest BCUT2D eigenvalue weighted by Gasteiger charge is 2.21. The minimum Gasteiger partial charge on any atom is -0.479 e. The van der Waals surface area contributed by atoms with Crippen molar-refractivity contribution < 1.29 is 4.74 Å². The molecule has 38 heavy (non-hydrogen) atoms. The number of imidazole rings is 2. The van der Waals surface area contributed by atoms with E-state index in [1.165, 1.54) is 12.8 Å². The summed E-state index contributed by atoms with van der Waals surface area (Å²) in [6.45, 7) is 2.09. The van der Waals surface area contributed by atoms with Gasteiger partial charge in [0, 0.05) is 11.1 Å². The monoisotopic (exact) mass is 506 g/mol. The molecule has 4 N–H and O–H groups in total. The molecule has 0 amide bonds. The fourth-order valence-corrected chi connectivity index (χ4v) is 5.50. The molecule has 0 radical (unpaired) electrons. The first-order valence-electron chi connectivity index (χ1n) is 13.3. The molecule has 7 rings (SSSR count). The van der Waals surface area contributed by atoms with Gasteiger partial charge in [0.15, 0.2) is 0 Å². The van der Waals surface area contributed by atoms with E-state index < -0.39 is 0 Å². The lowest BCUT2D eigenvalue weighted by molar-refractivity contribution is 0.400. The Kier molecular flexibility index (Phi) is 5.87. The van der Waals surface area contributed by atoms with Crippen LogP contribution in [-0.4, -0.2) is 50.1 Å². The fourth-order valence-electron chi connectivity index (χ4n) is 5.50. The first-order chi connectivity index (χ1) is 18.7. The van der Waals surface area contributed by atoms with Crippen LogP contribution < -0.4 is 15.4 Å². The zero-order valence-corrected chi connectivity index (χ0v) is 21.3. The Morgan fingerprint density at radius 3 is 1.92 bits per heavy atom. The summed E-state index contributed by atoms with van der Waals surface area (Å²) in [6.07, 6.45) is 8.40. The van der Waals surface area contributed by atoms with Crippen molar-refractivity contribution in [1.82, 2.24) is 40.5 Å². The van der Waals surface area contributed by atoms with Crippen LogP contribution in [0.3, 0.4) is 0 Å². The molecule has 2 aliphatic rings. The average molecular weight is 507 g/mol. The molecule has 2 saturated heterocycles. The Labute approximate surface area is 220 Å².